The molecule has 0 unspecified atom stereocenters. The van der Waals surface area contributed by atoms with E-state index in [4.69, 9.17) is 4.98 Å². The summed E-state index contributed by atoms with van der Waals surface area (Å²) in [6.45, 7) is 9.88. The van der Waals surface area contributed by atoms with E-state index >= 15 is 0 Å². The third-order valence-electron chi connectivity index (χ3n) is 6.39. The summed E-state index contributed by atoms with van der Waals surface area (Å²) >= 11 is 3.54. The van der Waals surface area contributed by atoms with E-state index in [-0.39, 0.29) is 12.0 Å². The Morgan fingerprint density at radius 2 is 1.81 bits per heavy atom. The molecule has 1 aromatic heterocycles. The number of carbonyl (C=O) groups excluding carboxylic acids is 1. The van der Waals surface area contributed by atoms with Gasteiger partial charge in [0.05, 0.1) is 17.6 Å². The van der Waals surface area contributed by atoms with Crippen LogP contribution in [0.1, 0.15) is 45.9 Å². The molecule has 0 bridgehead atoms. The van der Waals surface area contributed by atoms with E-state index in [1.54, 1.807) is 0 Å². The Bertz CT molecular complexity index is 1050. The van der Waals surface area contributed by atoms with Gasteiger partial charge in [0.1, 0.15) is 5.82 Å². The summed E-state index contributed by atoms with van der Waals surface area (Å²) in [7, 11) is 0. The zero-order chi connectivity index (χ0) is 22.7. The minimum absolute atomic E-state index is 0.144. The average molecular weight is 497 g/mol. The zero-order valence-corrected chi connectivity index (χ0v) is 20.9. The van der Waals surface area contributed by atoms with Gasteiger partial charge in [-0.1, -0.05) is 35.0 Å². The van der Waals surface area contributed by atoms with Gasteiger partial charge in [0, 0.05) is 28.7 Å². The van der Waals surface area contributed by atoms with Gasteiger partial charge in [-0.25, -0.2) is 4.98 Å². The summed E-state index contributed by atoms with van der Waals surface area (Å²) in [5, 5.41) is 0. The van der Waals surface area contributed by atoms with Crippen molar-refractivity contribution in [3.05, 3.63) is 58.8 Å². The van der Waals surface area contributed by atoms with Crippen LogP contribution < -0.4 is 0 Å². The molecular weight excluding hydrogens is 464 g/mol. The Kier molecular flexibility index (Phi) is 7.31. The molecule has 1 aliphatic rings. The second-order valence-electron chi connectivity index (χ2n) is 9.00. The molecule has 0 saturated carbocycles. The predicted octanol–water partition coefficient (Wildman–Crippen LogP) is 5.65. The Morgan fingerprint density at radius 3 is 2.47 bits per heavy atom. The summed E-state index contributed by atoms with van der Waals surface area (Å²) in [5.74, 6) is 1.53. The predicted molar refractivity (Wildman–Crippen MR) is 134 cm³/mol. The highest BCUT2D eigenvalue weighted by Gasteiger charge is 2.30. The van der Waals surface area contributed by atoms with Crippen LogP contribution in [0.5, 0.6) is 0 Å². The number of rotatable bonds is 7. The van der Waals surface area contributed by atoms with E-state index in [1.165, 1.54) is 0 Å². The molecular formula is C26H33BrN4O. The molecule has 1 fully saturated rings. The zero-order valence-electron chi connectivity index (χ0n) is 19.3. The van der Waals surface area contributed by atoms with Crippen LogP contribution in [0.3, 0.4) is 0 Å². The summed E-state index contributed by atoms with van der Waals surface area (Å²) in [6, 6.07) is 17.0. The van der Waals surface area contributed by atoms with E-state index in [9.17, 15) is 4.79 Å². The maximum Gasteiger partial charge on any atom is 0.226 e. The molecule has 1 aliphatic heterocycles. The maximum atomic E-state index is 13.1. The Labute approximate surface area is 199 Å². The van der Waals surface area contributed by atoms with E-state index in [0.29, 0.717) is 5.91 Å². The first-order chi connectivity index (χ1) is 15.5. The standard InChI is InChI=1S/C26H33BrN4O/c1-4-15-30(19(2)3)26(32)20-13-16-29(17-14-20)18-25-28-23-7-5-6-8-24(23)31(25)22-11-9-21(27)10-12-22/h5-12,19-20H,4,13-18H2,1-3H3. The number of para-hydroxylation sites is 2. The van der Waals surface area contributed by atoms with Crippen LogP contribution in [0.15, 0.2) is 53.0 Å². The lowest BCUT2D eigenvalue weighted by Crippen LogP contribution is -2.45. The van der Waals surface area contributed by atoms with Gasteiger partial charge in [-0.2, -0.15) is 0 Å². The molecule has 5 nitrogen and oxygen atoms in total. The fourth-order valence-electron chi connectivity index (χ4n) is 4.70. The lowest BCUT2D eigenvalue weighted by atomic mass is 9.94. The van der Waals surface area contributed by atoms with E-state index in [0.717, 1.165) is 72.5 Å². The number of benzene rings is 2. The summed E-state index contributed by atoms with van der Waals surface area (Å²) in [4.78, 5) is 22.5. The number of likely N-dealkylation sites (tertiary alicyclic amines) is 1. The van der Waals surface area contributed by atoms with Crippen LogP contribution in [0.4, 0.5) is 0 Å². The SMILES string of the molecule is CCCN(C(=O)C1CCN(Cc2nc3ccccc3n2-c2ccc(Br)cc2)CC1)C(C)C. The van der Waals surface area contributed by atoms with Crippen LogP contribution in [0, 0.1) is 5.92 Å². The molecule has 2 heterocycles. The Balaban J connectivity index is 1.50. The Morgan fingerprint density at radius 1 is 1.12 bits per heavy atom. The van der Waals surface area contributed by atoms with Gasteiger partial charge in [0.2, 0.25) is 5.91 Å². The van der Waals surface area contributed by atoms with Gasteiger partial charge in [0.15, 0.2) is 0 Å². The number of aromatic nitrogens is 2. The average Bonchev–Trinajstić information content (AvgIpc) is 3.15. The molecule has 3 aromatic rings. The van der Waals surface area contributed by atoms with Gasteiger partial charge < -0.3 is 4.90 Å². The Hall–Kier alpha value is -2.18. The van der Waals surface area contributed by atoms with Gasteiger partial charge in [-0.15, -0.1) is 0 Å². The van der Waals surface area contributed by atoms with Gasteiger partial charge in [-0.05, 0) is 82.6 Å². The van der Waals surface area contributed by atoms with Crippen LogP contribution in [-0.4, -0.2) is 50.9 Å². The molecule has 0 spiro atoms. The highest BCUT2D eigenvalue weighted by Crippen LogP contribution is 2.26. The van der Waals surface area contributed by atoms with Crippen molar-refractivity contribution in [2.75, 3.05) is 19.6 Å². The van der Waals surface area contributed by atoms with Crippen molar-refractivity contribution in [3.63, 3.8) is 0 Å². The van der Waals surface area contributed by atoms with E-state index in [2.05, 4.69) is 93.5 Å². The van der Waals surface area contributed by atoms with Gasteiger partial charge >= 0.3 is 0 Å². The normalized spacial score (nSPS) is 15.5. The summed E-state index contributed by atoms with van der Waals surface area (Å²) < 4.78 is 3.33. The van der Waals surface area contributed by atoms with Crippen molar-refractivity contribution in [3.8, 4) is 5.69 Å². The highest BCUT2D eigenvalue weighted by molar-refractivity contribution is 9.10. The van der Waals surface area contributed by atoms with Crippen molar-refractivity contribution in [1.82, 2.24) is 19.4 Å². The van der Waals surface area contributed by atoms with Crippen LogP contribution in [0.25, 0.3) is 16.7 Å². The molecule has 1 saturated heterocycles. The lowest BCUT2D eigenvalue weighted by molar-refractivity contribution is -0.138. The smallest absolute Gasteiger partial charge is 0.226 e. The van der Waals surface area contributed by atoms with Crippen molar-refractivity contribution in [2.24, 2.45) is 5.92 Å². The van der Waals surface area contributed by atoms with Crippen molar-refractivity contribution in [1.29, 1.82) is 0 Å². The molecule has 1 amide bonds. The van der Waals surface area contributed by atoms with Crippen LogP contribution in [0.2, 0.25) is 0 Å². The monoisotopic (exact) mass is 496 g/mol. The van der Waals surface area contributed by atoms with Gasteiger partial charge in [-0.3, -0.25) is 14.3 Å². The highest BCUT2D eigenvalue weighted by atomic mass is 79.9. The molecule has 0 N–H and O–H groups in total. The summed E-state index contributed by atoms with van der Waals surface area (Å²) in [5.41, 5.74) is 3.26. The molecule has 0 radical (unpaired) electrons. The fourth-order valence-corrected chi connectivity index (χ4v) is 4.96. The molecule has 170 valence electrons. The number of amides is 1. The quantitative estimate of drug-likeness (QED) is 0.424. The number of imidazole rings is 1. The fraction of sp³-hybridized carbons (Fsp3) is 0.462. The molecule has 2 aromatic carbocycles. The molecule has 4 rings (SSSR count). The molecule has 0 aliphatic carbocycles. The third-order valence-corrected chi connectivity index (χ3v) is 6.92. The van der Waals surface area contributed by atoms with Crippen LogP contribution in [-0.2, 0) is 11.3 Å². The number of hydrogen-bond donors (Lipinski definition) is 0. The molecule has 32 heavy (non-hydrogen) atoms. The molecule has 6 heteroatoms. The van der Waals surface area contributed by atoms with Crippen molar-refractivity contribution < 1.29 is 4.79 Å². The summed E-state index contributed by atoms with van der Waals surface area (Å²) in [6.07, 6.45) is 2.85. The second kappa shape index (κ2) is 10.2. The topological polar surface area (TPSA) is 41.4 Å². The lowest BCUT2D eigenvalue weighted by Gasteiger charge is -2.35. The molecule has 0 atom stereocenters. The third kappa shape index (κ3) is 4.91. The second-order valence-corrected chi connectivity index (χ2v) is 9.92. The van der Waals surface area contributed by atoms with Gasteiger partial charge in [0.25, 0.3) is 0 Å². The number of nitrogens with zero attached hydrogens (tertiary/aromatic N) is 4. The first-order valence-corrected chi connectivity index (χ1v) is 12.5. The van der Waals surface area contributed by atoms with Crippen LogP contribution >= 0.6 is 15.9 Å². The maximum absolute atomic E-state index is 13.1. The van der Waals surface area contributed by atoms with E-state index < -0.39 is 0 Å². The van der Waals surface area contributed by atoms with E-state index in [1.807, 2.05) is 6.07 Å². The number of piperidine rings is 1. The van der Waals surface area contributed by atoms with Crippen molar-refractivity contribution in [2.45, 2.75) is 52.6 Å². The minimum Gasteiger partial charge on any atom is -0.340 e. The van der Waals surface area contributed by atoms with Crippen molar-refractivity contribution >= 4 is 32.9 Å². The number of fused-ring (bicyclic) bond motifs is 1. The minimum atomic E-state index is 0.144. The first-order valence-electron chi connectivity index (χ1n) is 11.7. The number of halogens is 1. The largest absolute Gasteiger partial charge is 0.340 e. The number of carbonyl (C=O) groups is 1. The first kappa shape index (κ1) is 23.0. The number of hydrogen-bond acceptors (Lipinski definition) is 3.